The molecule has 5 heteroatoms. The van der Waals surface area contributed by atoms with E-state index in [4.69, 9.17) is 10.5 Å². The maximum absolute atomic E-state index is 6.30. The van der Waals surface area contributed by atoms with E-state index in [-0.39, 0.29) is 6.04 Å². The van der Waals surface area contributed by atoms with Crippen molar-refractivity contribution in [1.82, 2.24) is 9.97 Å². The van der Waals surface area contributed by atoms with E-state index < -0.39 is 0 Å². The van der Waals surface area contributed by atoms with Crippen LogP contribution in [0.4, 0.5) is 0 Å². The van der Waals surface area contributed by atoms with Crippen LogP contribution in [0.2, 0.25) is 0 Å². The standard InChI is InChI=1S/C16H23N3OS/c1-2-20-11-8-9-13-14(10-11)19-16(18-13)21-15-7-5-3-4-6-12(15)17/h8-10,12,15H,2-7,17H2,1H3,(H,18,19). The van der Waals surface area contributed by atoms with Crippen LogP contribution in [0.15, 0.2) is 23.4 Å². The molecule has 1 aliphatic carbocycles. The van der Waals surface area contributed by atoms with Crippen molar-refractivity contribution in [3.05, 3.63) is 18.2 Å². The molecule has 1 aromatic heterocycles. The Morgan fingerprint density at radius 1 is 1.33 bits per heavy atom. The van der Waals surface area contributed by atoms with Gasteiger partial charge in [0.25, 0.3) is 0 Å². The maximum Gasteiger partial charge on any atom is 0.166 e. The summed E-state index contributed by atoms with van der Waals surface area (Å²) in [7, 11) is 0. The van der Waals surface area contributed by atoms with Crippen molar-refractivity contribution in [2.45, 2.75) is 55.5 Å². The van der Waals surface area contributed by atoms with Gasteiger partial charge < -0.3 is 15.5 Å². The van der Waals surface area contributed by atoms with E-state index in [0.717, 1.165) is 28.4 Å². The molecular weight excluding hydrogens is 282 g/mol. The van der Waals surface area contributed by atoms with Crippen molar-refractivity contribution >= 4 is 22.8 Å². The number of hydrogen-bond acceptors (Lipinski definition) is 4. The summed E-state index contributed by atoms with van der Waals surface area (Å²) >= 11 is 1.80. The van der Waals surface area contributed by atoms with Crippen LogP contribution in [0.25, 0.3) is 11.0 Å². The highest BCUT2D eigenvalue weighted by Gasteiger charge is 2.22. The molecule has 1 fully saturated rings. The van der Waals surface area contributed by atoms with E-state index in [1.807, 2.05) is 25.1 Å². The zero-order chi connectivity index (χ0) is 14.7. The molecule has 2 aromatic rings. The number of hydrogen-bond donors (Lipinski definition) is 2. The highest BCUT2D eigenvalue weighted by atomic mass is 32.2. The predicted octanol–water partition coefficient (Wildman–Crippen LogP) is 3.71. The Labute approximate surface area is 129 Å². The molecule has 2 atom stereocenters. The fourth-order valence-corrected chi connectivity index (χ4v) is 4.07. The zero-order valence-corrected chi connectivity index (χ0v) is 13.3. The second-order valence-electron chi connectivity index (χ2n) is 5.61. The number of nitrogens with one attached hydrogen (secondary N) is 1. The number of fused-ring (bicyclic) bond motifs is 1. The molecule has 3 N–H and O–H groups in total. The van der Waals surface area contributed by atoms with Crippen molar-refractivity contribution in [3.63, 3.8) is 0 Å². The van der Waals surface area contributed by atoms with Gasteiger partial charge in [-0.25, -0.2) is 4.98 Å². The molecule has 114 valence electrons. The molecule has 0 saturated heterocycles. The van der Waals surface area contributed by atoms with Crippen LogP contribution in [-0.2, 0) is 0 Å². The number of thioether (sulfide) groups is 1. The van der Waals surface area contributed by atoms with Gasteiger partial charge in [0, 0.05) is 17.4 Å². The lowest BCUT2D eigenvalue weighted by Gasteiger charge is -2.19. The highest BCUT2D eigenvalue weighted by Crippen LogP contribution is 2.32. The second-order valence-corrected chi connectivity index (χ2v) is 6.84. The molecule has 1 aromatic carbocycles. The first-order valence-corrected chi connectivity index (χ1v) is 8.69. The minimum atomic E-state index is 0.282. The van der Waals surface area contributed by atoms with E-state index >= 15 is 0 Å². The van der Waals surface area contributed by atoms with Gasteiger partial charge in [-0.05, 0) is 31.9 Å². The first-order valence-electron chi connectivity index (χ1n) is 7.81. The third-order valence-electron chi connectivity index (χ3n) is 4.01. The SMILES string of the molecule is CCOc1ccc2nc(SC3CCCCCC3N)[nH]c2c1. The fraction of sp³-hybridized carbons (Fsp3) is 0.562. The summed E-state index contributed by atoms with van der Waals surface area (Å²) in [6, 6.07) is 6.28. The molecule has 1 aliphatic rings. The van der Waals surface area contributed by atoms with Crippen molar-refractivity contribution in [2.75, 3.05) is 6.61 Å². The molecule has 1 saturated carbocycles. The zero-order valence-electron chi connectivity index (χ0n) is 12.5. The van der Waals surface area contributed by atoms with Crippen LogP contribution in [-0.4, -0.2) is 27.9 Å². The molecule has 1 heterocycles. The Balaban J connectivity index is 1.77. The molecule has 2 unspecified atom stereocenters. The Hall–Kier alpha value is -1.20. The van der Waals surface area contributed by atoms with E-state index in [0.29, 0.717) is 11.9 Å². The number of aromatic nitrogens is 2. The van der Waals surface area contributed by atoms with E-state index in [1.165, 1.54) is 25.7 Å². The molecule has 0 spiro atoms. The van der Waals surface area contributed by atoms with Crippen LogP contribution in [0, 0.1) is 0 Å². The number of nitrogens with two attached hydrogens (primary N) is 1. The van der Waals surface area contributed by atoms with Crippen LogP contribution in [0.1, 0.15) is 39.0 Å². The number of benzene rings is 1. The summed E-state index contributed by atoms with van der Waals surface area (Å²) in [5.74, 6) is 0.886. The van der Waals surface area contributed by atoms with Gasteiger partial charge in [0.15, 0.2) is 5.16 Å². The summed E-state index contributed by atoms with van der Waals surface area (Å²) < 4.78 is 5.53. The first-order chi connectivity index (χ1) is 10.3. The Bertz CT molecular complexity index is 598. The smallest absolute Gasteiger partial charge is 0.166 e. The number of nitrogens with zero attached hydrogens (tertiary/aromatic N) is 1. The molecule has 0 aliphatic heterocycles. The van der Waals surface area contributed by atoms with Gasteiger partial charge in [0.1, 0.15) is 5.75 Å². The minimum Gasteiger partial charge on any atom is -0.494 e. The molecule has 0 amide bonds. The Morgan fingerprint density at radius 2 is 2.19 bits per heavy atom. The third-order valence-corrected chi connectivity index (χ3v) is 5.31. The largest absolute Gasteiger partial charge is 0.494 e. The molecule has 3 rings (SSSR count). The van der Waals surface area contributed by atoms with Crippen LogP contribution in [0.5, 0.6) is 5.75 Å². The van der Waals surface area contributed by atoms with Gasteiger partial charge in [-0.2, -0.15) is 0 Å². The summed E-state index contributed by atoms with van der Waals surface area (Å²) in [4.78, 5) is 8.07. The summed E-state index contributed by atoms with van der Waals surface area (Å²) in [5, 5.41) is 1.44. The quantitative estimate of drug-likeness (QED) is 0.845. The Kier molecular flexibility index (Phi) is 4.70. The lowest BCUT2D eigenvalue weighted by Crippen LogP contribution is -2.31. The summed E-state index contributed by atoms with van der Waals surface area (Å²) in [6.07, 6.45) is 6.16. The van der Waals surface area contributed by atoms with Crippen molar-refractivity contribution < 1.29 is 4.74 Å². The van der Waals surface area contributed by atoms with E-state index in [9.17, 15) is 0 Å². The molecule has 21 heavy (non-hydrogen) atoms. The lowest BCUT2D eigenvalue weighted by molar-refractivity contribution is 0.340. The number of H-pyrrole nitrogens is 1. The van der Waals surface area contributed by atoms with Gasteiger partial charge in [-0.3, -0.25) is 0 Å². The van der Waals surface area contributed by atoms with Crippen molar-refractivity contribution in [3.8, 4) is 5.75 Å². The van der Waals surface area contributed by atoms with Crippen LogP contribution >= 0.6 is 11.8 Å². The number of imidazole rings is 1. The van der Waals surface area contributed by atoms with Crippen LogP contribution < -0.4 is 10.5 Å². The molecule has 4 nitrogen and oxygen atoms in total. The van der Waals surface area contributed by atoms with Gasteiger partial charge >= 0.3 is 0 Å². The first kappa shape index (κ1) is 14.7. The maximum atomic E-state index is 6.30. The average Bonchev–Trinajstić information content (AvgIpc) is 2.76. The van der Waals surface area contributed by atoms with Gasteiger partial charge in [-0.15, -0.1) is 0 Å². The summed E-state index contributed by atoms with van der Waals surface area (Å²) in [6.45, 7) is 2.67. The minimum absolute atomic E-state index is 0.282. The topological polar surface area (TPSA) is 63.9 Å². The van der Waals surface area contributed by atoms with Crippen molar-refractivity contribution in [1.29, 1.82) is 0 Å². The lowest BCUT2D eigenvalue weighted by atomic mass is 10.1. The number of aromatic amines is 1. The summed E-state index contributed by atoms with van der Waals surface area (Å²) in [5.41, 5.74) is 8.32. The van der Waals surface area contributed by atoms with Gasteiger partial charge in [0.05, 0.1) is 17.6 Å². The number of ether oxygens (including phenoxy) is 1. The highest BCUT2D eigenvalue weighted by molar-refractivity contribution is 7.99. The van der Waals surface area contributed by atoms with Gasteiger partial charge in [-0.1, -0.05) is 31.0 Å². The fourth-order valence-electron chi connectivity index (χ4n) is 2.87. The normalized spacial score (nSPS) is 23.1. The molecule has 0 bridgehead atoms. The average molecular weight is 305 g/mol. The Morgan fingerprint density at radius 3 is 3.05 bits per heavy atom. The monoisotopic (exact) mass is 305 g/mol. The predicted molar refractivity (Wildman–Crippen MR) is 88.0 cm³/mol. The molecule has 0 radical (unpaired) electrons. The number of rotatable bonds is 4. The second kappa shape index (κ2) is 6.71. The van der Waals surface area contributed by atoms with Crippen LogP contribution in [0.3, 0.4) is 0 Å². The van der Waals surface area contributed by atoms with Crippen molar-refractivity contribution in [2.24, 2.45) is 5.73 Å². The molecular formula is C16H23N3OS. The van der Waals surface area contributed by atoms with Gasteiger partial charge in [0.2, 0.25) is 0 Å². The third kappa shape index (κ3) is 3.52. The van der Waals surface area contributed by atoms with E-state index in [2.05, 4.69) is 9.97 Å². The van der Waals surface area contributed by atoms with E-state index in [1.54, 1.807) is 11.8 Å².